The highest BCUT2D eigenvalue weighted by Gasteiger charge is 2.17. The van der Waals surface area contributed by atoms with Crippen molar-refractivity contribution in [2.75, 3.05) is 17.1 Å². The summed E-state index contributed by atoms with van der Waals surface area (Å²) in [5, 5.41) is 8.49. The Balaban J connectivity index is 2.86. The smallest absolute Gasteiger partial charge is 0.320 e. The molecule has 0 saturated carbocycles. The van der Waals surface area contributed by atoms with Crippen LogP contribution in [0.2, 0.25) is 0 Å². The lowest BCUT2D eigenvalue weighted by molar-refractivity contribution is -0.134. The molecule has 0 aromatic heterocycles. The molecule has 100 valence electrons. The first kappa shape index (κ1) is 14.3. The first-order chi connectivity index (χ1) is 8.44. The van der Waals surface area contributed by atoms with Gasteiger partial charge in [0.1, 0.15) is 5.75 Å². The molecule has 7 heteroatoms. The highest BCUT2D eigenvalue weighted by molar-refractivity contribution is 7.93. The number of sulfonamides is 1. The van der Waals surface area contributed by atoms with Crippen molar-refractivity contribution in [2.45, 2.75) is 13.3 Å². The van der Waals surface area contributed by atoms with Gasteiger partial charge in [-0.25, -0.2) is 8.42 Å². The highest BCUT2D eigenvalue weighted by Crippen LogP contribution is 2.24. The predicted molar refractivity (Wildman–Crippen MR) is 67.3 cm³/mol. The maximum Gasteiger partial charge on any atom is 0.320 e. The third-order valence-electron chi connectivity index (χ3n) is 1.93. The molecule has 1 aromatic rings. The van der Waals surface area contributed by atoms with Crippen LogP contribution in [0.15, 0.2) is 24.3 Å². The average molecular weight is 273 g/mol. The first-order valence-corrected chi connectivity index (χ1v) is 7.04. The van der Waals surface area contributed by atoms with Crippen LogP contribution in [-0.2, 0) is 14.8 Å². The molecular formula is C11H15NO5S. The van der Waals surface area contributed by atoms with Gasteiger partial charge in [-0.15, -0.1) is 0 Å². The van der Waals surface area contributed by atoms with E-state index in [4.69, 9.17) is 9.84 Å². The Hall–Kier alpha value is -1.76. The maximum absolute atomic E-state index is 11.5. The van der Waals surface area contributed by atoms with Gasteiger partial charge in [0.2, 0.25) is 10.0 Å². The fourth-order valence-corrected chi connectivity index (χ4v) is 2.16. The molecule has 0 spiro atoms. The fourth-order valence-electron chi connectivity index (χ4n) is 1.26. The number of rotatable bonds is 7. The Labute approximate surface area is 106 Å². The molecular weight excluding hydrogens is 258 g/mol. The Kier molecular flexibility index (Phi) is 4.96. The molecule has 1 aromatic carbocycles. The minimum Gasteiger partial charge on any atom is -0.491 e. The molecule has 0 amide bonds. The Morgan fingerprint density at radius 3 is 2.67 bits per heavy atom. The first-order valence-electron chi connectivity index (χ1n) is 5.38. The second kappa shape index (κ2) is 6.25. The third-order valence-corrected chi connectivity index (χ3v) is 3.09. The van der Waals surface area contributed by atoms with Crippen molar-refractivity contribution in [1.29, 1.82) is 0 Å². The van der Waals surface area contributed by atoms with E-state index >= 15 is 0 Å². The number of hydrogen-bond donors (Lipinski definition) is 2. The van der Waals surface area contributed by atoms with Crippen LogP contribution in [0, 0.1) is 0 Å². The molecule has 6 nitrogen and oxygen atoms in total. The molecule has 0 fully saturated rings. The van der Waals surface area contributed by atoms with Gasteiger partial charge in [-0.1, -0.05) is 19.1 Å². The topological polar surface area (TPSA) is 92.7 Å². The average Bonchev–Trinajstić information content (AvgIpc) is 2.25. The zero-order chi connectivity index (χ0) is 13.6. The molecule has 0 atom stereocenters. The van der Waals surface area contributed by atoms with Crippen LogP contribution in [0.5, 0.6) is 5.75 Å². The summed E-state index contributed by atoms with van der Waals surface area (Å²) in [7, 11) is -3.91. The van der Waals surface area contributed by atoms with E-state index in [1.165, 1.54) is 6.07 Å². The molecule has 0 aliphatic rings. The summed E-state index contributed by atoms with van der Waals surface area (Å²) in [6.07, 6.45) is 0.788. The van der Waals surface area contributed by atoms with Gasteiger partial charge in [0.05, 0.1) is 12.3 Å². The normalized spacial score (nSPS) is 10.9. The summed E-state index contributed by atoms with van der Waals surface area (Å²) >= 11 is 0. The molecule has 0 radical (unpaired) electrons. The number of benzene rings is 1. The highest BCUT2D eigenvalue weighted by atomic mass is 32.2. The van der Waals surface area contributed by atoms with E-state index in [1.54, 1.807) is 18.2 Å². The summed E-state index contributed by atoms with van der Waals surface area (Å²) in [5.41, 5.74) is 0.243. The van der Waals surface area contributed by atoms with Gasteiger partial charge in [-0.2, -0.15) is 0 Å². The number of hydrogen-bond acceptors (Lipinski definition) is 4. The van der Waals surface area contributed by atoms with Crippen molar-refractivity contribution in [3.63, 3.8) is 0 Å². The second-order valence-corrected chi connectivity index (χ2v) is 5.32. The van der Waals surface area contributed by atoms with E-state index in [1.807, 2.05) is 6.92 Å². The molecule has 0 saturated heterocycles. The number of para-hydroxylation sites is 2. The van der Waals surface area contributed by atoms with Crippen molar-refractivity contribution in [2.24, 2.45) is 0 Å². The van der Waals surface area contributed by atoms with Crippen molar-refractivity contribution >= 4 is 21.7 Å². The number of anilines is 1. The van der Waals surface area contributed by atoms with Crippen LogP contribution >= 0.6 is 0 Å². The minimum absolute atomic E-state index is 0.243. The largest absolute Gasteiger partial charge is 0.491 e. The number of carboxylic acids is 1. The summed E-state index contributed by atoms with van der Waals surface area (Å²) in [4.78, 5) is 10.4. The molecule has 1 rings (SSSR count). The minimum atomic E-state index is -3.91. The second-order valence-electron chi connectivity index (χ2n) is 3.60. The van der Waals surface area contributed by atoms with Crippen LogP contribution in [-0.4, -0.2) is 31.9 Å². The van der Waals surface area contributed by atoms with Crippen molar-refractivity contribution in [1.82, 2.24) is 0 Å². The van der Waals surface area contributed by atoms with E-state index < -0.39 is 21.7 Å². The van der Waals surface area contributed by atoms with Gasteiger partial charge < -0.3 is 9.84 Å². The molecule has 0 heterocycles. The van der Waals surface area contributed by atoms with Gasteiger partial charge in [-0.3, -0.25) is 9.52 Å². The number of carbonyl (C=O) groups is 1. The Bertz CT molecular complexity index is 512. The van der Waals surface area contributed by atoms with Gasteiger partial charge in [0.15, 0.2) is 5.75 Å². The Morgan fingerprint density at radius 2 is 2.06 bits per heavy atom. The van der Waals surface area contributed by atoms with Gasteiger partial charge in [0.25, 0.3) is 0 Å². The summed E-state index contributed by atoms with van der Waals surface area (Å²) in [6, 6.07) is 6.48. The van der Waals surface area contributed by atoms with E-state index in [0.29, 0.717) is 12.4 Å². The van der Waals surface area contributed by atoms with E-state index in [2.05, 4.69) is 4.72 Å². The Morgan fingerprint density at radius 1 is 1.39 bits per heavy atom. The fraction of sp³-hybridized carbons (Fsp3) is 0.364. The monoisotopic (exact) mass is 273 g/mol. The lowest BCUT2D eigenvalue weighted by Gasteiger charge is -2.12. The van der Waals surface area contributed by atoms with Crippen molar-refractivity contribution in [3.8, 4) is 5.75 Å². The molecule has 18 heavy (non-hydrogen) atoms. The maximum atomic E-state index is 11.5. The lowest BCUT2D eigenvalue weighted by atomic mass is 10.3. The van der Waals surface area contributed by atoms with Crippen LogP contribution in [0.4, 0.5) is 5.69 Å². The van der Waals surface area contributed by atoms with Gasteiger partial charge in [0, 0.05) is 0 Å². The molecule has 0 bridgehead atoms. The number of nitrogens with one attached hydrogen (secondary N) is 1. The van der Waals surface area contributed by atoms with E-state index in [-0.39, 0.29) is 5.69 Å². The van der Waals surface area contributed by atoms with Gasteiger partial charge in [-0.05, 0) is 18.6 Å². The van der Waals surface area contributed by atoms with E-state index in [0.717, 1.165) is 6.42 Å². The van der Waals surface area contributed by atoms with E-state index in [9.17, 15) is 13.2 Å². The predicted octanol–water partition coefficient (Wildman–Crippen LogP) is 1.30. The molecule has 2 N–H and O–H groups in total. The summed E-state index contributed by atoms with van der Waals surface area (Å²) in [5.74, 6) is -2.00. The zero-order valence-electron chi connectivity index (χ0n) is 9.92. The lowest BCUT2D eigenvalue weighted by Crippen LogP contribution is -2.22. The van der Waals surface area contributed by atoms with Crippen molar-refractivity contribution < 1.29 is 23.1 Å². The van der Waals surface area contributed by atoms with Gasteiger partial charge >= 0.3 is 5.97 Å². The SMILES string of the molecule is CCCOc1ccccc1NS(=O)(=O)CC(=O)O. The number of carboxylic acid groups (broad SMARTS) is 1. The number of aliphatic carboxylic acids is 1. The van der Waals surface area contributed by atoms with Crippen LogP contribution in [0.1, 0.15) is 13.3 Å². The molecule has 0 unspecified atom stereocenters. The van der Waals surface area contributed by atoms with Crippen LogP contribution in [0.25, 0.3) is 0 Å². The summed E-state index contributed by atoms with van der Waals surface area (Å²) < 4.78 is 30.5. The summed E-state index contributed by atoms with van der Waals surface area (Å²) in [6.45, 7) is 2.38. The van der Waals surface area contributed by atoms with Crippen LogP contribution in [0.3, 0.4) is 0 Å². The number of ether oxygens (including phenoxy) is 1. The molecule has 0 aliphatic heterocycles. The van der Waals surface area contributed by atoms with Crippen LogP contribution < -0.4 is 9.46 Å². The third kappa shape index (κ3) is 4.62. The standard InChI is InChI=1S/C11H15NO5S/c1-2-7-17-10-6-4-3-5-9(10)12-18(15,16)8-11(13)14/h3-6,12H,2,7-8H2,1H3,(H,13,14). The van der Waals surface area contributed by atoms with Crippen molar-refractivity contribution in [3.05, 3.63) is 24.3 Å². The quantitative estimate of drug-likeness (QED) is 0.781. The zero-order valence-corrected chi connectivity index (χ0v) is 10.7. The molecule has 0 aliphatic carbocycles.